The second-order valence-electron chi connectivity index (χ2n) is 3.94. The van der Waals surface area contributed by atoms with E-state index in [2.05, 4.69) is 0 Å². The van der Waals surface area contributed by atoms with Gasteiger partial charge in [-0.1, -0.05) is 31.3 Å². The number of carbonyl (C=O) groups excluding carboxylic acids is 1. The van der Waals surface area contributed by atoms with E-state index in [4.69, 9.17) is 23.7 Å². The van der Waals surface area contributed by atoms with Gasteiger partial charge in [0.25, 0.3) is 0 Å². The van der Waals surface area contributed by atoms with Gasteiger partial charge >= 0.3 is 0 Å². The van der Waals surface area contributed by atoms with Gasteiger partial charge in [-0.3, -0.25) is 9.69 Å². The van der Waals surface area contributed by atoms with Crippen LogP contribution < -0.4 is 11.5 Å². The molecule has 1 amide bonds. The molecule has 0 aliphatic heterocycles. The molecular formula is C12H16FN3OS. The average molecular weight is 269 g/mol. The van der Waals surface area contributed by atoms with Crippen molar-refractivity contribution >= 4 is 23.1 Å². The van der Waals surface area contributed by atoms with Gasteiger partial charge in [0, 0.05) is 17.7 Å². The lowest BCUT2D eigenvalue weighted by atomic mass is 10.1. The van der Waals surface area contributed by atoms with Gasteiger partial charge in [0.1, 0.15) is 10.8 Å². The highest BCUT2D eigenvalue weighted by Gasteiger charge is 2.11. The van der Waals surface area contributed by atoms with Crippen molar-refractivity contribution in [3.63, 3.8) is 0 Å². The van der Waals surface area contributed by atoms with E-state index in [1.807, 2.05) is 6.92 Å². The summed E-state index contributed by atoms with van der Waals surface area (Å²) in [5.74, 6) is -0.819. The summed E-state index contributed by atoms with van der Waals surface area (Å²) in [6, 6.07) is 4.59. The van der Waals surface area contributed by atoms with Crippen LogP contribution in [-0.2, 0) is 11.3 Å². The lowest BCUT2D eigenvalue weighted by molar-refractivity contribution is -0.119. The maximum Gasteiger partial charge on any atom is 0.231 e. The molecule has 1 rings (SSSR count). The molecule has 18 heavy (non-hydrogen) atoms. The minimum atomic E-state index is -0.433. The van der Waals surface area contributed by atoms with Crippen LogP contribution in [0.5, 0.6) is 0 Å². The van der Waals surface area contributed by atoms with Crippen molar-refractivity contribution in [2.24, 2.45) is 11.5 Å². The number of carbonyl (C=O) groups is 1. The Bertz CT molecular complexity index is 465. The van der Waals surface area contributed by atoms with Crippen molar-refractivity contribution in [1.82, 2.24) is 4.90 Å². The number of benzene rings is 1. The summed E-state index contributed by atoms with van der Waals surface area (Å²) in [7, 11) is 0. The SMILES string of the molecule is CCN(CC(N)=O)Cc1ccc(C(N)=S)cc1F. The van der Waals surface area contributed by atoms with Crippen molar-refractivity contribution in [2.45, 2.75) is 13.5 Å². The Kier molecular flexibility index (Phi) is 5.18. The molecule has 0 bridgehead atoms. The van der Waals surface area contributed by atoms with Crippen LogP contribution in [0.3, 0.4) is 0 Å². The standard InChI is InChI=1S/C12H16FN3OS/c1-2-16(7-11(14)17)6-9-4-3-8(12(15)18)5-10(9)13/h3-5H,2,6-7H2,1H3,(H2,14,17)(H2,15,18). The summed E-state index contributed by atoms with van der Waals surface area (Å²) in [5, 5.41) is 0. The van der Waals surface area contributed by atoms with Gasteiger partial charge in [-0.2, -0.15) is 0 Å². The number of nitrogens with two attached hydrogens (primary N) is 2. The van der Waals surface area contributed by atoms with Crippen molar-refractivity contribution in [3.05, 3.63) is 35.1 Å². The second-order valence-corrected chi connectivity index (χ2v) is 4.38. The van der Waals surface area contributed by atoms with Crippen LogP contribution in [0.15, 0.2) is 18.2 Å². The summed E-state index contributed by atoms with van der Waals surface area (Å²) < 4.78 is 13.8. The number of rotatable bonds is 6. The van der Waals surface area contributed by atoms with E-state index in [1.54, 1.807) is 17.0 Å². The number of likely N-dealkylation sites (N-methyl/N-ethyl adjacent to an activating group) is 1. The number of amides is 1. The number of nitrogens with zero attached hydrogens (tertiary/aromatic N) is 1. The smallest absolute Gasteiger partial charge is 0.231 e. The fourth-order valence-corrected chi connectivity index (χ4v) is 1.70. The zero-order valence-corrected chi connectivity index (χ0v) is 11.0. The molecule has 0 aromatic heterocycles. The third kappa shape index (κ3) is 4.05. The molecule has 98 valence electrons. The van der Waals surface area contributed by atoms with Gasteiger partial charge in [-0.25, -0.2) is 4.39 Å². The molecule has 0 unspecified atom stereocenters. The number of halogens is 1. The van der Waals surface area contributed by atoms with Gasteiger partial charge in [0.2, 0.25) is 5.91 Å². The highest BCUT2D eigenvalue weighted by Crippen LogP contribution is 2.13. The molecule has 1 aromatic rings. The van der Waals surface area contributed by atoms with E-state index in [9.17, 15) is 9.18 Å². The van der Waals surface area contributed by atoms with Gasteiger partial charge in [0.05, 0.1) is 6.54 Å². The normalized spacial score (nSPS) is 10.6. The average Bonchev–Trinajstić information content (AvgIpc) is 2.29. The predicted octanol–water partition coefficient (Wildman–Crippen LogP) is 0.767. The molecule has 0 saturated heterocycles. The third-order valence-electron chi connectivity index (χ3n) is 2.56. The topological polar surface area (TPSA) is 72.3 Å². The van der Waals surface area contributed by atoms with Gasteiger partial charge in [-0.15, -0.1) is 0 Å². The van der Waals surface area contributed by atoms with E-state index in [0.29, 0.717) is 24.2 Å². The second kappa shape index (κ2) is 6.42. The number of primary amides is 1. The summed E-state index contributed by atoms with van der Waals surface area (Å²) in [4.78, 5) is 12.7. The lowest BCUT2D eigenvalue weighted by Gasteiger charge is -2.19. The monoisotopic (exact) mass is 269 g/mol. The molecule has 0 aliphatic carbocycles. The summed E-state index contributed by atoms with van der Waals surface area (Å²) in [5.41, 5.74) is 11.5. The minimum absolute atomic E-state index is 0.104. The largest absolute Gasteiger partial charge is 0.389 e. The molecule has 0 saturated carbocycles. The number of hydrogen-bond donors (Lipinski definition) is 2. The summed E-state index contributed by atoms with van der Waals surface area (Å²) >= 11 is 4.77. The maximum absolute atomic E-state index is 13.8. The Morgan fingerprint density at radius 2 is 2.11 bits per heavy atom. The minimum Gasteiger partial charge on any atom is -0.389 e. The summed E-state index contributed by atoms with van der Waals surface area (Å²) in [6.45, 7) is 2.92. The van der Waals surface area contributed by atoms with E-state index < -0.39 is 5.91 Å². The van der Waals surface area contributed by atoms with Crippen molar-refractivity contribution in [1.29, 1.82) is 0 Å². The molecule has 0 fully saturated rings. The highest BCUT2D eigenvalue weighted by molar-refractivity contribution is 7.80. The molecule has 1 aromatic carbocycles. The molecule has 0 atom stereocenters. The Morgan fingerprint density at radius 3 is 2.56 bits per heavy atom. The first kappa shape index (κ1) is 14.5. The fraction of sp³-hybridized carbons (Fsp3) is 0.333. The molecule has 0 radical (unpaired) electrons. The van der Waals surface area contributed by atoms with E-state index >= 15 is 0 Å². The van der Waals surface area contributed by atoms with Crippen LogP contribution in [0.1, 0.15) is 18.1 Å². The van der Waals surface area contributed by atoms with Crippen LogP contribution in [-0.4, -0.2) is 28.9 Å². The van der Waals surface area contributed by atoms with Crippen LogP contribution >= 0.6 is 12.2 Å². The number of thiocarbonyl (C=S) groups is 1. The zero-order chi connectivity index (χ0) is 13.7. The Hall–Kier alpha value is -1.53. The molecule has 0 spiro atoms. The fourth-order valence-electron chi connectivity index (χ4n) is 1.57. The molecular weight excluding hydrogens is 253 g/mol. The van der Waals surface area contributed by atoms with Crippen molar-refractivity contribution in [2.75, 3.05) is 13.1 Å². The van der Waals surface area contributed by atoms with Crippen LogP contribution in [0, 0.1) is 5.82 Å². The first-order chi connectivity index (χ1) is 8.43. The molecule has 4 N–H and O–H groups in total. The van der Waals surface area contributed by atoms with Crippen LogP contribution in [0.2, 0.25) is 0 Å². The lowest BCUT2D eigenvalue weighted by Crippen LogP contribution is -2.33. The predicted molar refractivity (Wildman–Crippen MR) is 72.4 cm³/mol. The van der Waals surface area contributed by atoms with E-state index in [1.165, 1.54) is 6.07 Å². The van der Waals surface area contributed by atoms with Gasteiger partial charge in [-0.05, 0) is 12.6 Å². The molecule has 0 aliphatic rings. The Labute approximate surface area is 111 Å². The van der Waals surface area contributed by atoms with Crippen molar-refractivity contribution < 1.29 is 9.18 Å². The Balaban J connectivity index is 2.83. The number of hydrogen-bond acceptors (Lipinski definition) is 3. The first-order valence-electron chi connectivity index (χ1n) is 5.53. The first-order valence-corrected chi connectivity index (χ1v) is 5.93. The summed E-state index contributed by atoms with van der Waals surface area (Å²) in [6.07, 6.45) is 0. The van der Waals surface area contributed by atoms with Gasteiger partial charge in [0.15, 0.2) is 0 Å². The quantitative estimate of drug-likeness (QED) is 0.748. The molecule has 0 heterocycles. The van der Waals surface area contributed by atoms with Crippen LogP contribution in [0.4, 0.5) is 4.39 Å². The van der Waals surface area contributed by atoms with Crippen molar-refractivity contribution in [3.8, 4) is 0 Å². The van der Waals surface area contributed by atoms with Crippen LogP contribution in [0.25, 0.3) is 0 Å². The van der Waals surface area contributed by atoms with Gasteiger partial charge < -0.3 is 11.5 Å². The van der Waals surface area contributed by atoms with E-state index in [0.717, 1.165) is 0 Å². The Morgan fingerprint density at radius 1 is 1.44 bits per heavy atom. The molecule has 4 nitrogen and oxygen atoms in total. The third-order valence-corrected chi connectivity index (χ3v) is 2.79. The molecule has 6 heteroatoms. The zero-order valence-electron chi connectivity index (χ0n) is 10.1. The van der Waals surface area contributed by atoms with E-state index in [-0.39, 0.29) is 17.4 Å². The highest BCUT2D eigenvalue weighted by atomic mass is 32.1. The maximum atomic E-state index is 13.8.